The normalized spacial score (nSPS) is 9.60. The van der Waals surface area contributed by atoms with Crippen molar-refractivity contribution in [2.75, 3.05) is 13.2 Å². The monoisotopic (exact) mass is 1410 g/mol. The Morgan fingerprint density at radius 1 is 0.417 bits per heavy atom. The van der Waals surface area contributed by atoms with Gasteiger partial charge in [0.1, 0.15) is 11.5 Å². The Morgan fingerprint density at radius 2 is 0.679 bits per heavy atom. The van der Waals surface area contributed by atoms with Gasteiger partial charge in [0.05, 0.1) is 6.61 Å². The van der Waals surface area contributed by atoms with Crippen LogP contribution in [0.5, 0.6) is 0 Å². The molecule has 0 aliphatic rings. The summed E-state index contributed by atoms with van der Waals surface area (Å²) in [6.45, 7) is 30.4. The molecule has 0 saturated carbocycles. The minimum Gasteiger partial charge on any atom is -0.0622 e. The molecule has 0 amide bonds. The number of halogens is 2. The Labute approximate surface area is 537 Å². The fraction of sp³-hybridized carbons (Fsp3) is 0.324. The van der Waals surface area contributed by atoms with Gasteiger partial charge < -0.3 is 4.74 Å². The maximum atomic E-state index is 5.90. The second-order valence-electron chi connectivity index (χ2n) is 17.7. The summed E-state index contributed by atoms with van der Waals surface area (Å²) in [7, 11) is 8.74. The van der Waals surface area contributed by atoms with Crippen molar-refractivity contribution < 1.29 is 25.4 Å². The number of unbranched alkanes of at least 4 members (excludes halogenated alkanes) is 3. The van der Waals surface area contributed by atoms with E-state index >= 15 is 0 Å². The van der Waals surface area contributed by atoms with Gasteiger partial charge in [0.15, 0.2) is 0 Å². The van der Waals surface area contributed by atoms with Crippen LogP contribution in [0.2, 0.25) is 13.3 Å². The molecule has 2 aromatic heterocycles. The van der Waals surface area contributed by atoms with Crippen molar-refractivity contribution in [3.63, 3.8) is 0 Å². The van der Waals surface area contributed by atoms with E-state index in [0.717, 1.165) is 18.0 Å². The summed E-state index contributed by atoms with van der Waals surface area (Å²) in [4.78, 5) is 8.05. The Kier molecular flexibility index (Phi) is 56.3. The van der Waals surface area contributed by atoms with Crippen LogP contribution in [0, 0.1) is 6.92 Å². The SMILES string of the molecule is C.C.C.C=C(OCC)c1ccccn1.C=[C](OCC)[Sn]([CH2]CCC)([CH2]CCC)[CH2]CCC.CC.CC.Cc1ccccn1.[Cl][Pd][Cl].c1ccc(P(c2ccccc2)c2ccccc2)cc1.c1ccc(P(c2ccccc2)c2ccccc2)cc1. The van der Waals surface area contributed by atoms with Crippen molar-refractivity contribution in [1.29, 1.82) is 0 Å². The van der Waals surface area contributed by atoms with Gasteiger partial charge in [-0.25, -0.2) is 0 Å². The van der Waals surface area contributed by atoms with Gasteiger partial charge in [-0.1, -0.05) is 251 Å². The number of benzene rings is 6. The first kappa shape index (κ1) is 83.8. The average Bonchev–Trinajstić information content (AvgIpc) is 3.59. The molecule has 0 aliphatic heterocycles. The molecule has 0 saturated heterocycles. The number of aromatic nitrogens is 2. The third-order valence-electron chi connectivity index (χ3n) is 12.1. The molecule has 8 aromatic rings. The molecule has 4 nitrogen and oxygen atoms in total. The molecule has 0 unspecified atom stereocenters. The Morgan fingerprint density at radius 3 is 0.881 bits per heavy atom. The van der Waals surface area contributed by atoms with E-state index < -0.39 is 34.2 Å². The van der Waals surface area contributed by atoms with Gasteiger partial charge >= 0.3 is 155 Å². The van der Waals surface area contributed by atoms with Crippen molar-refractivity contribution in [2.24, 2.45) is 0 Å². The maximum Gasteiger partial charge on any atom is -0.0134 e. The molecule has 10 heteroatoms. The Bertz CT molecular complexity index is 2340. The van der Waals surface area contributed by atoms with Crippen LogP contribution in [-0.2, 0) is 25.4 Å². The van der Waals surface area contributed by atoms with Gasteiger partial charge in [-0.05, 0) is 85.8 Å². The van der Waals surface area contributed by atoms with Gasteiger partial charge in [-0.2, -0.15) is 0 Å². The van der Waals surface area contributed by atoms with E-state index in [-0.39, 0.29) is 38.2 Å². The van der Waals surface area contributed by atoms with E-state index in [2.05, 4.69) is 233 Å². The van der Waals surface area contributed by atoms with Crippen molar-refractivity contribution in [2.45, 2.75) is 143 Å². The molecule has 84 heavy (non-hydrogen) atoms. The average molecular weight is 1410 g/mol. The number of hydrogen-bond acceptors (Lipinski definition) is 4. The molecule has 2 heterocycles. The zero-order chi connectivity index (χ0) is 59.6. The fourth-order valence-corrected chi connectivity index (χ4v) is 27.5. The second kappa shape index (κ2) is 56.4. The van der Waals surface area contributed by atoms with E-state index in [0.29, 0.717) is 12.4 Å². The van der Waals surface area contributed by atoms with E-state index in [9.17, 15) is 0 Å². The van der Waals surface area contributed by atoms with Crippen molar-refractivity contribution in [3.05, 3.63) is 259 Å². The number of pyridine rings is 2. The van der Waals surface area contributed by atoms with E-state index in [4.69, 9.17) is 28.5 Å². The third-order valence-corrected chi connectivity index (χ3v) is 32.0. The largest absolute Gasteiger partial charge is 0.0622 e. The molecular weight excluding hydrogens is 1310 g/mol. The van der Waals surface area contributed by atoms with E-state index in [1.165, 1.54) is 87.4 Å². The first-order valence-corrected chi connectivity index (χ1v) is 43.0. The van der Waals surface area contributed by atoms with Crippen molar-refractivity contribution in [1.82, 2.24) is 9.97 Å². The summed E-state index contributed by atoms with van der Waals surface area (Å²) in [5.41, 5.74) is 1.87. The molecule has 0 atom stereocenters. The number of hydrogen-bond donors (Lipinski definition) is 0. The van der Waals surface area contributed by atoms with Gasteiger partial charge in [0.2, 0.25) is 0 Å². The smallest absolute Gasteiger partial charge is 0.0134 e. The molecular formula is C74H106Cl2N2O2P2PdSn. The summed E-state index contributed by atoms with van der Waals surface area (Å²) in [6, 6.07) is 76.2. The van der Waals surface area contributed by atoms with Crippen LogP contribution >= 0.6 is 34.9 Å². The van der Waals surface area contributed by atoms with Crippen LogP contribution in [0.15, 0.2) is 248 Å². The molecule has 0 N–H and O–H groups in total. The predicted molar refractivity (Wildman–Crippen MR) is 384 cm³/mol. The van der Waals surface area contributed by atoms with Crippen LogP contribution < -0.4 is 31.8 Å². The van der Waals surface area contributed by atoms with Crippen molar-refractivity contribution >= 4 is 90.9 Å². The molecule has 0 fully saturated rings. The van der Waals surface area contributed by atoms with Crippen LogP contribution in [0.4, 0.5) is 0 Å². The molecule has 462 valence electrons. The number of ether oxygens (including phenoxy) is 2. The quantitative estimate of drug-likeness (QED) is 0.0409. The number of rotatable bonds is 21. The molecule has 0 spiro atoms. The van der Waals surface area contributed by atoms with Gasteiger partial charge in [0, 0.05) is 18.1 Å². The van der Waals surface area contributed by atoms with E-state index in [1.807, 2.05) is 77.9 Å². The standard InChI is InChI=1S/2C18H15P.C9H11NO.C6H7N.C4H7O.3C4H9.2C2H6.3CH4.2ClH.Pd.Sn/c2*1-4-10-16(11-5-1)19(17-12-6-2-7-13-17)18-14-8-3-9-15-18;1-3-11-8(2)9-6-4-5-7-10-9;1-6-4-2-3-5-7-6;1-3-5-4-2;3*1-3-4-2;2*1-2;;;;;;;/h2*1-15H;4-7H,2-3H2,1H3;2-5H,1H3;1,4H2,2H3;3*1,3-4H2,2H3;2*1-2H3;3*1H4;2*1H;;/q;;;;;;;;;;;;;;;+2;/p-2. The first-order chi connectivity index (χ1) is 39.7. The first-order valence-electron chi connectivity index (χ1n) is 28.9. The molecule has 6 aromatic carbocycles. The topological polar surface area (TPSA) is 44.2 Å². The number of nitrogens with zero attached hydrogens (tertiary/aromatic N) is 2. The summed E-state index contributed by atoms with van der Waals surface area (Å²) >= 11 is -2.35. The minimum atomic E-state index is -2.24. The third kappa shape index (κ3) is 34.7. The molecule has 0 bridgehead atoms. The zero-order valence-electron chi connectivity index (χ0n) is 50.3. The van der Waals surface area contributed by atoms with Crippen LogP contribution in [0.3, 0.4) is 0 Å². The van der Waals surface area contributed by atoms with E-state index in [1.54, 1.807) is 12.4 Å². The van der Waals surface area contributed by atoms with Crippen LogP contribution in [0.1, 0.15) is 135 Å². The molecule has 8 rings (SSSR count). The zero-order valence-corrected chi connectivity index (χ0v) is 58.0. The molecule has 0 aliphatic carbocycles. The van der Waals surface area contributed by atoms with Crippen LogP contribution in [-0.4, -0.2) is 41.6 Å². The van der Waals surface area contributed by atoms with Crippen LogP contribution in [0.25, 0.3) is 5.76 Å². The Hall–Kier alpha value is -4.40. The van der Waals surface area contributed by atoms with Gasteiger partial charge in [-0.15, -0.1) is 0 Å². The summed E-state index contributed by atoms with van der Waals surface area (Å²) in [5.74, 6) is 0.633. The van der Waals surface area contributed by atoms with Gasteiger partial charge in [0.25, 0.3) is 0 Å². The summed E-state index contributed by atoms with van der Waals surface area (Å²) < 4.78 is 16.7. The predicted octanol–water partition coefficient (Wildman–Crippen LogP) is 21.6. The Balaban J connectivity index is -0.000000967. The molecule has 0 radical (unpaired) electrons. The fourth-order valence-electron chi connectivity index (χ4n) is 8.25. The minimum absolute atomic E-state index is 0. The maximum absolute atomic E-state index is 5.90. The van der Waals surface area contributed by atoms with Gasteiger partial charge in [-0.3, -0.25) is 9.97 Å². The summed E-state index contributed by atoms with van der Waals surface area (Å²) in [6.07, 6.45) is 11.6. The summed E-state index contributed by atoms with van der Waals surface area (Å²) in [5, 5.41) is 8.39. The second-order valence-corrected chi connectivity index (χ2v) is 37.7. The number of aryl methyl sites for hydroxylation is 1. The van der Waals surface area contributed by atoms with Crippen molar-refractivity contribution in [3.8, 4) is 0 Å².